The Balaban J connectivity index is 2.85. The van der Waals surface area contributed by atoms with Gasteiger partial charge in [0.2, 0.25) is 0 Å². The number of benzene rings is 1. The Bertz CT molecular complexity index is 553. The van der Waals surface area contributed by atoms with Gasteiger partial charge < -0.3 is 0 Å². The molecule has 18 heavy (non-hydrogen) atoms. The fraction of sp³-hybridized carbons (Fsp3) is 0.385. The molecule has 3 nitrogen and oxygen atoms in total. The summed E-state index contributed by atoms with van der Waals surface area (Å²) in [6.07, 6.45) is 0.431. The Kier molecular flexibility index (Phi) is 4.74. The van der Waals surface area contributed by atoms with E-state index in [1.165, 1.54) is 5.19 Å². The molecule has 0 aliphatic carbocycles. The van der Waals surface area contributed by atoms with Crippen LogP contribution in [0, 0.1) is 11.5 Å². The molecule has 0 aliphatic heterocycles. The van der Waals surface area contributed by atoms with E-state index in [2.05, 4.69) is 36.7 Å². The van der Waals surface area contributed by atoms with E-state index >= 15 is 0 Å². The zero-order chi connectivity index (χ0) is 13.8. The minimum absolute atomic E-state index is 0.601. The predicted molar refractivity (Wildman–Crippen MR) is 76.7 cm³/mol. The zero-order valence-corrected chi connectivity index (χ0v) is 12.9. The van der Waals surface area contributed by atoms with E-state index in [9.17, 15) is 8.42 Å². The van der Waals surface area contributed by atoms with Crippen molar-refractivity contribution in [2.24, 2.45) is 0 Å². The van der Waals surface area contributed by atoms with Crippen LogP contribution in [0.3, 0.4) is 0 Å². The van der Waals surface area contributed by atoms with Crippen LogP contribution in [0.25, 0.3) is 0 Å². The molecule has 0 saturated heterocycles. The van der Waals surface area contributed by atoms with Crippen LogP contribution < -0.4 is 5.19 Å². The van der Waals surface area contributed by atoms with E-state index in [1.54, 1.807) is 6.92 Å². The first-order valence-electron chi connectivity index (χ1n) is 5.67. The van der Waals surface area contributed by atoms with Crippen molar-refractivity contribution >= 4 is 23.4 Å². The highest BCUT2D eigenvalue weighted by Gasteiger charge is 2.20. The Morgan fingerprint density at radius 3 is 2.28 bits per heavy atom. The molecule has 98 valence electrons. The van der Waals surface area contributed by atoms with Crippen molar-refractivity contribution in [3.05, 3.63) is 30.3 Å². The van der Waals surface area contributed by atoms with Gasteiger partial charge in [-0.05, 0) is 12.1 Å². The van der Waals surface area contributed by atoms with Crippen molar-refractivity contribution in [2.45, 2.75) is 26.1 Å². The number of rotatable bonds is 3. The SMILES string of the molecule is C[C@@H](C#C[Si](C)(C)c1ccccc1)OS(C)(=O)=O. The molecule has 0 unspecified atom stereocenters. The Labute approximate surface area is 110 Å². The largest absolute Gasteiger partial charge is 0.265 e. The van der Waals surface area contributed by atoms with Crippen LogP contribution in [0.1, 0.15) is 6.92 Å². The molecule has 1 aromatic rings. The fourth-order valence-corrected chi connectivity index (χ4v) is 3.80. The maximum absolute atomic E-state index is 11.0. The standard InChI is InChI=1S/C13H18O3SSi/c1-12(16-17(2,14)15)10-11-18(3,4)13-8-6-5-7-9-13/h5-9,12H,1-4H3/t12-/m0/s1. The van der Waals surface area contributed by atoms with Crippen molar-refractivity contribution in [3.63, 3.8) is 0 Å². The molecule has 0 spiro atoms. The lowest BCUT2D eigenvalue weighted by atomic mass is 10.4. The second-order valence-electron chi connectivity index (χ2n) is 4.70. The summed E-state index contributed by atoms with van der Waals surface area (Å²) in [7, 11) is -5.30. The van der Waals surface area contributed by atoms with Gasteiger partial charge in [0, 0.05) is 0 Å². The van der Waals surface area contributed by atoms with Crippen LogP contribution in [0.4, 0.5) is 0 Å². The molecule has 1 rings (SSSR count). The summed E-state index contributed by atoms with van der Waals surface area (Å²) in [6.45, 7) is 5.90. The molecule has 0 radical (unpaired) electrons. The second-order valence-corrected chi connectivity index (χ2v) is 10.4. The molecule has 0 aromatic heterocycles. The molecule has 0 fully saturated rings. The first-order valence-corrected chi connectivity index (χ1v) is 10.5. The number of hydrogen-bond acceptors (Lipinski definition) is 3. The zero-order valence-electron chi connectivity index (χ0n) is 11.1. The van der Waals surface area contributed by atoms with Crippen LogP contribution in [0.15, 0.2) is 30.3 Å². The first kappa shape index (κ1) is 15.0. The van der Waals surface area contributed by atoms with Gasteiger partial charge >= 0.3 is 0 Å². The molecule has 0 aliphatic rings. The third-order valence-corrected chi connectivity index (χ3v) is 5.59. The van der Waals surface area contributed by atoms with Gasteiger partial charge in [0.05, 0.1) is 6.26 Å². The van der Waals surface area contributed by atoms with Crippen LogP contribution >= 0.6 is 0 Å². The van der Waals surface area contributed by atoms with Crippen molar-refractivity contribution in [3.8, 4) is 11.5 Å². The summed E-state index contributed by atoms with van der Waals surface area (Å²) in [4.78, 5) is 0. The van der Waals surface area contributed by atoms with Crippen molar-refractivity contribution < 1.29 is 12.6 Å². The quantitative estimate of drug-likeness (QED) is 0.479. The van der Waals surface area contributed by atoms with Crippen molar-refractivity contribution in [1.29, 1.82) is 0 Å². The highest BCUT2D eigenvalue weighted by atomic mass is 32.2. The topological polar surface area (TPSA) is 43.4 Å². The van der Waals surface area contributed by atoms with Crippen LogP contribution in [0.2, 0.25) is 13.1 Å². The lowest BCUT2D eigenvalue weighted by molar-refractivity contribution is 0.286. The maximum Gasteiger partial charge on any atom is 0.265 e. The Hall–Kier alpha value is -1.09. The molecule has 5 heteroatoms. The van der Waals surface area contributed by atoms with Crippen molar-refractivity contribution in [1.82, 2.24) is 0 Å². The van der Waals surface area contributed by atoms with Gasteiger partial charge in [-0.2, -0.15) is 8.42 Å². The Morgan fingerprint density at radius 1 is 1.22 bits per heavy atom. The van der Waals surface area contributed by atoms with E-state index in [4.69, 9.17) is 4.18 Å². The minimum Gasteiger partial charge on any atom is -0.254 e. The summed E-state index contributed by atoms with van der Waals surface area (Å²) in [6, 6.07) is 10.1. The molecule has 0 N–H and O–H groups in total. The molecule has 0 bridgehead atoms. The van der Waals surface area contributed by atoms with E-state index < -0.39 is 24.3 Å². The minimum atomic E-state index is -3.44. The van der Waals surface area contributed by atoms with Gasteiger partial charge in [-0.25, -0.2) is 0 Å². The average Bonchev–Trinajstić information content (AvgIpc) is 2.26. The summed E-state index contributed by atoms with van der Waals surface area (Å²) in [5.74, 6) is 2.89. The predicted octanol–water partition coefficient (Wildman–Crippen LogP) is 1.51. The van der Waals surface area contributed by atoms with Gasteiger partial charge in [-0.1, -0.05) is 49.3 Å². The van der Waals surface area contributed by atoms with E-state index in [0.717, 1.165) is 6.26 Å². The molecule has 1 atom stereocenters. The van der Waals surface area contributed by atoms with Gasteiger partial charge in [0.15, 0.2) is 8.07 Å². The van der Waals surface area contributed by atoms with Crippen LogP contribution in [0.5, 0.6) is 0 Å². The lowest BCUT2D eigenvalue weighted by Gasteiger charge is -2.15. The summed E-state index contributed by atoms with van der Waals surface area (Å²) in [5.41, 5.74) is 3.20. The molecule has 0 heterocycles. The molecular weight excluding hydrogens is 264 g/mol. The molecule has 1 aromatic carbocycles. The van der Waals surface area contributed by atoms with Gasteiger partial charge in [0.25, 0.3) is 10.1 Å². The van der Waals surface area contributed by atoms with Gasteiger partial charge in [-0.15, -0.1) is 5.54 Å². The smallest absolute Gasteiger partial charge is 0.254 e. The maximum atomic E-state index is 11.0. The van der Waals surface area contributed by atoms with Crippen LogP contribution in [-0.2, 0) is 14.3 Å². The third kappa shape index (κ3) is 5.04. The van der Waals surface area contributed by atoms with E-state index in [-0.39, 0.29) is 0 Å². The first-order chi connectivity index (χ1) is 8.21. The fourth-order valence-electron chi connectivity index (χ4n) is 1.50. The molecule has 0 saturated carbocycles. The highest BCUT2D eigenvalue weighted by Crippen LogP contribution is 2.02. The molecule has 0 amide bonds. The van der Waals surface area contributed by atoms with E-state index in [0.29, 0.717) is 0 Å². The van der Waals surface area contributed by atoms with Crippen LogP contribution in [-0.4, -0.2) is 28.9 Å². The Morgan fingerprint density at radius 2 is 1.78 bits per heavy atom. The second kappa shape index (κ2) is 5.70. The third-order valence-electron chi connectivity index (χ3n) is 2.40. The summed E-state index contributed by atoms with van der Waals surface area (Å²) >= 11 is 0. The van der Waals surface area contributed by atoms with Crippen molar-refractivity contribution in [2.75, 3.05) is 6.26 Å². The average molecular weight is 282 g/mol. The van der Waals surface area contributed by atoms with Gasteiger partial charge in [-0.3, -0.25) is 4.18 Å². The van der Waals surface area contributed by atoms with E-state index in [1.807, 2.05) is 18.2 Å². The monoisotopic (exact) mass is 282 g/mol. The molecular formula is C13H18O3SSi. The number of hydrogen-bond donors (Lipinski definition) is 0. The summed E-state index contributed by atoms with van der Waals surface area (Å²) < 4.78 is 26.7. The van der Waals surface area contributed by atoms with Gasteiger partial charge in [0.1, 0.15) is 6.10 Å². The lowest BCUT2D eigenvalue weighted by Crippen LogP contribution is -2.40. The summed E-state index contributed by atoms with van der Waals surface area (Å²) in [5, 5.41) is 1.23. The normalized spacial score (nSPS) is 13.6. The highest BCUT2D eigenvalue weighted by molar-refractivity contribution is 7.86.